The van der Waals surface area contributed by atoms with E-state index in [2.05, 4.69) is 4.98 Å². The summed E-state index contributed by atoms with van der Waals surface area (Å²) in [5, 5.41) is 9.40. The number of carboxylic acids is 1. The molecule has 0 unspecified atom stereocenters. The third-order valence-electron chi connectivity index (χ3n) is 2.56. The first kappa shape index (κ1) is 10.9. The third-order valence-corrected chi connectivity index (χ3v) is 2.77. The largest absolute Gasteiger partial charge is 0.477 e. The molecule has 0 bridgehead atoms. The van der Waals surface area contributed by atoms with E-state index in [1.807, 2.05) is 0 Å². The number of carbonyl (C=O) groups is 1. The highest BCUT2D eigenvalue weighted by molar-refractivity contribution is 6.28. The first-order chi connectivity index (χ1) is 8.66. The van der Waals surface area contributed by atoms with Crippen LogP contribution in [0.3, 0.4) is 0 Å². The summed E-state index contributed by atoms with van der Waals surface area (Å²) in [6, 6.07) is 8.18. The lowest BCUT2D eigenvalue weighted by atomic mass is 10.3. The Hall–Kier alpha value is -2.27. The molecule has 0 amide bonds. The van der Waals surface area contributed by atoms with Crippen LogP contribution in [0.25, 0.3) is 17.1 Å². The SMILES string of the molecule is O=C(O)c1cccc2cnc(-c3ccc(Cl)o3)n12. The van der Waals surface area contributed by atoms with Gasteiger partial charge >= 0.3 is 5.97 Å². The van der Waals surface area contributed by atoms with Crippen molar-refractivity contribution in [2.75, 3.05) is 0 Å². The number of furan rings is 1. The maximum atomic E-state index is 11.2. The highest BCUT2D eigenvalue weighted by atomic mass is 35.5. The smallest absolute Gasteiger partial charge is 0.352 e. The summed E-state index contributed by atoms with van der Waals surface area (Å²) in [7, 11) is 0. The van der Waals surface area contributed by atoms with Crippen LogP contribution in [0.2, 0.25) is 5.22 Å². The molecule has 0 atom stereocenters. The van der Waals surface area contributed by atoms with E-state index in [0.29, 0.717) is 17.1 Å². The molecular weight excluding hydrogens is 256 g/mol. The topological polar surface area (TPSA) is 67.7 Å². The van der Waals surface area contributed by atoms with Crippen LogP contribution >= 0.6 is 11.6 Å². The van der Waals surface area contributed by atoms with Gasteiger partial charge in [-0.05, 0) is 35.9 Å². The highest BCUT2D eigenvalue weighted by Gasteiger charge is 2.16. The quantitative estimate of drug-likeness (QED) is 0.771. The second-order valence-corrected chi connectivity index (χ2v) is 4.03. The van der Waals surface area contributed by atoms with Gasteiger partial charge in [0.15, 0.2) is 16.8 Å². The number of halogens is 1. The second-order valence-electron chi connectivity index (χ2n) is 3.66. The van der Waals surface area contributed by atoms with Crippen LogP contribution in [-0.2, 0) is 0 Å². The van der Waals surface area contributed by atoms with E-state index in [1.54, 1.807) is 30.5 Å². The highest BCUT2D eigenvalue weighted by Crippen LogP contribution is 2.25. The average molecular weight is 263 g/mol. The number of carboxylic acid groups (broad SMARTS) is 1. The van der Waals surface area contributed by atoms with Crippen molar-refractivity contribution in [3.05, 3.63) is 47.4 Å². The maximum absolute atomic E-state index is 11.2. The molecule has 0 aliphatic heterocycles. The Bertz CT molecular complexity index is 745. The number of aromatic carboxylic acids is 1. The molecule has 0 saturated carbocycles. The molecule has 90 valence electrons. The van der Waals surface area contributed by atoms with Crippen molar-refractivity contribution in [3.8, 4) is 11.6 Å². The molecule has 6 heteroatoms. The minimum atomic E-state index is -1.03. The predicted octanol–water partition coefficient (Wildman–Crippen LogP) is 2.95. The second kappa shape index (κ2) is 3.89. The zero-order chi connectivity index (χ0) is 12.7. The van der Waals surface area contributed by atoms with E-state index in [9.17, 15) is 9.90 Å². The molecule has 3 aromatic rings. The van der Waals surface area contributed by atoms with Gasteiger partial charge in [-0.3, -0.25) is 4.40 Å². The van der Waals surface area contributed by atoms with Crippen LogP contribution in [0.15, 0.2) is 40.9 Å². The number of fused-ring (bicyclic) bond motifs is 1. The number of hydrogen-bond acceptors (Lipinski definition) is 3. The molecule has 0 spiro atoms. The number of imidazole rings is 1. The Kier molecular flexibility index (Phi) is 2.34. The van der Waals surface area contributed by atoms with E-state index < -0.39 is 5.97 Å². The number of rotatable bonds is 2. The van der Waals surface area contributed by atoms with Gasteiger partial charge in [-0.15, -0.1) is 0 Å². The van der Waals surface area contributed by atoms with E-state index in [0.717, 1.165) is 0 Å². The molecule has 1 N–H and O–H groups in total. The van der Waals surface area contributed by atoms with E-state index in [1.165, 1.54) is 10.5 Å². The molecular formula is C12H7ClN2O3. The van der Waals surface area contributed by atoms with Crippen molar-refractivity contribution >= 4 is 23.1 Å². The van der Waals surface area contributed by atoms with Crippen LogP contribution in [0.1, 0.15) is 10.5 Å². The number of aromatic nitrogens is 2. The molecule has 3 heterocycles. The summed E-state index contributed by atoms with van der Waals surface area (Å²) in [6.07, 6.45) is 1.58. The van der Waals surface area contributed by atoms with Gasteiger partial charge in [0.1, 0.15) is 5.69 Å². The predicted molar refractivity (Wildman–Crippen MR) is 64.9 cm³/mol. The van der Waals surface area contributed by atoms with Gasteiger partial charge in [0.25, 0.3) is 0 Å². The molecule has 5 nitrogen and oxygen atoms in total. The van der Waals surface area contributed by atoms with Crippen molar-refractivity contribution < 1.29 is 14.3 Å². The minimum absolute atomic E-state index is 0.118. The van der Waals surface area contributed by atoms with Gasteiger partial charge in [-0.25, -0.2) is 9.78 Å². The summed E-state index contributed by atoms with van der Waals surface area (Å²) < 4.78 is 6.77. The fourth-order valence-corrected chi connectivity index (χ4v) is 1.97. The number of hydrogen-bond donors (Lipinski definition) is 1. The lowest BCUT2D eigenvalue weighted by Gasteiger charge is -2.03. The summed E-state index contributed by atoms with van der Waals surface area (Å²) >= 11 is 5.71. The van der Waals surface area contributed by atoms with Crippen molar-refractivity contribution in [1.29, 1.82) is 0 Å². The molecule has 0 aromatic carbocycles. The van der Waals surface area contributed by atoms with E-state index in [-0.39, 0.29) is 10.9 Å². The van der Waals surface area contributed by atoms with Crippen molar-refractivity contribution in [2.24, 2.45) is 0 Å². The van der Waals surface area contributed by atoms with Crippen molar-refractivity contribution in [2.45, 2.75) is 0 Å². The summed E-state index contributed by atoms with van der Waals surface area (Å²) in [5.74, 6) is -0.193. The minimum Gasteiger partial charge on any atom is -0.477 e. The van der Waals surface area contributed by atoms with E-state index >= 15 is 0 Å². The molecule has 0 aliphatic rings. The maximum Gasteiger partial charge on any atom is 0.352 e. The molecule has 3 rings (SSSR count). The lowest BCUT2D eigenvalue weighted by molar-refractivity contribution is 0.0689. The molecule has 0 fully saturated rings. The lowest BCUT2D eigenvalue weighted by Crippen LogP contribution is -2.05. The van der Waals surface area contributed by atoms with Crippen LogP contribution in [0, 0.1) is 0 Å². The molecule has 0 radical (unpaired) electrons. The van der Waals surface area contributed by atoms with Crippen LogP contribution < -0.4 is 0 Å². The Morgan fingerprint density at radius 2 is 2.17 bits per heavy atom. The Balaban J connectivity index is 2.34. The Morgan fingerprint density at radius 1 is 1.33 bits per heavy atom. The molecule has 0 saturated heterocycles. The zero-order valence-corrected chi connectivity index (χ0v) is 9.76. The summed E-state index contributed by atoms with van der Waals surface area (Å²) in [4.78, 5) is 15.4. The Morgan fingerprint density at radius 3 is 2.83 bits per heavy atom. The number of nitrogens with zero attached hydrogens (tertiary/aromatic N) is 2. The average Bonchev–Trinajstić information content (AvgIpc) is 2.94. The van der Waals surface area contributed by atoms with Gasteiger partial charge < -0.3 is 9.52 Å². The first-order valence-corrected chi connectivity index (χ1v) is 5.50. The summed E-state index contributed by atoms with van der Waals surface area (Å²) in [6.45, 7) is 0. The third kappa shape index (κ3) is 1.56. The summed E-state index contributed by atoms with van der Waals surface area (Å²) in [5.41, 5.74) is 0.796. The van der Waals surface area contributed by atoms with Gasteiger partial charge in [-0.1, -0.05) is 6.07 Å². The standard InChI is InChI=1S/C12H7ClN2O3/c13-10-5-4-9(18-10)11-14-6-7-2-1-3-8(12(16)17)15(7)11/h1-6H,(H,16,17). The van der Waals surface area contributed by atoms with Gasteiger partial charge in [0.2, 0.25) is 0 Å². The Labute approximate surface area is 106 Å². The van der Waals surface area contributed by atoms with Crippen LogP contribution in [0.5, 0.6) is 0 Å². The van der Waals surface area contributed by atoms with Crippen LogP contribution in [-0.4, -0.2) is 20.5 Å². The first-order valence-electron chi connectivity index (χ1n) is 5.12. The van der Waals surface area contributed by atoms with Crippen molar-refractivity contribution in [1.82, 2.24) is 9.38 Å². The molecule has 0 aliphatic carbocycles. The van der Waals surface area contributed by atoms with Gasteiger partial charge in [-0.2, -0.15) is 0 Å². The number of pyridine rings is 1. The van der Waals surface area contributed by atoms with Gasteiger partial charge in [0, 0.05) is 0 Å². The van der Waals surface area contributed by atoms with Crippen LogP contribution in [0.4, 0.5) is 0 Å². The molecule has 3 aromatic heterocycles. The molecule has 18 heavy (non-hydrogen) atoms. The fourth-order valence-electron chi connectivity index (χ4n) is 1.82. The van der Waals surface area contributed by atoms with Gasteiger partial charge in [0.05, 0.1) is 11.7 Å². The van der Waals surface area contributed by atoms with Crippen molar-refractivity contribution in [3.63, 3.8) is 0 Å². The monoisotopic (exact) mass is 262 g/mol. The fraction of sp³-hybridized carbons (Fsp3) is 0. The zero-order valence-electron chi connectivity index (χ0n) is 9.00. The van der Waals surface area contributed by atoms with E-state index in [4.69, 9.17) is 16.0 Å². The normalized spacial score (nSPS) is 10.9.